The van der Waals surface area contributed by atoms with E-state index in [0.717, 1.165) is 17.9 Å². The molecule has 0 fully saturated rings. The number of carbonyl (C=O) groups excluding carboxylic acids is 1. The van der Waals surface area contributed by atoms with Crippen molar-refractivity contribution in [2.24, 2.45) is 0 Å². The molecule has 1 aromatic heterocycles. The minimum atomic E-state index is -0.0723. The second-order valence-electron chi connectivity index (χ2n) is 4.89. The van der Waals surface area contributed by atoms with Crippen molar-refractivity contribution >= 4 is 23.5 Å². The van der Waals surface area contributed by atoms with E-state index in [1.165, 1.54) is 0 Å². The molecule has 0 spiro atoms. The van der Waals surface area contributed by atoms with E-state index in [-0.39, 0.29) is 17.9 Å². The first-order valence-corrected chi connectivity index (χ1v) is 7.94. The number of amides is 1. The van der Waals surface area contributed by atoms with Crippen LogP contribution in [0.15, 0.2) is 12.1 Å². The highest BCUT2D eigenvalue weighted by Crippen LogP contribution is 2.16. The summed E-state index contributed by atoms with van der Waals surface area (Å²) in [4.78, 5) is 16.5. The number of rotatable bonds is 6. The van der Waals surface area contributed by atoms with Gasteiger partial charge in [0, 0.05) is 23.1 Å². The molecule has 0 saturated carbocycles. The van der Waals surface area contributed by atoms with Gasteiger partial charge in [0.1, 0.15) is 5.82 Å². The fraction of sp³-hybridized carbons (Fsp3) is 0.571. The lowest BCUT2D eigenvalue weighted by molar-refractivity contribution is 0.0940. The molecule has 1 aromatic rings. The maximum Gasteiger partial charge on any atom is 0.251 e. The molecular formula is C14H23N3OS. The third-order valence-corrected chi connectivity index (χ3v) is 3.65. The first kappa shape index (κ1) is 15.8. The van der Waals surface area contributed by atoms with Crippen LogP contribution in [0, 0.1) is 0 Å². The summed E-state index contributed by atoms with van der Waals surface area (Å²) in [5.74, 6) is 1.49. The number of carbonyl (C=O) groups is 1. The molecule has 0 bridgehead atoms. The van der Waals surface area contributed by atoms with Crippen LogP contribution in [-0.4, -0.2) is 28.9 Å². The topological polar surface area (TPSA) is 68.0 Å². The second-order valence-corrected chi connectivity index (χ2v) is 5.80. The number of pyridine rings is 1. The smallest absolute Gasteiger partial charge is 0.251 e. The van der Waals surface area contributed by atoms with Gasteiger partial charge in [-0.25, -0.2) is 4.98 Å². The van der Waals surface area contributed by atoms with E-state index in [0.29, 0.717) is 11.4 Å². The van der Waals surface area contributed by atoms with Gasteiger partial charge in [0.25, 0.3) is 5.91 Å². The number of anilines is 1. The Morgan fingerprint density at radius 3 is 2.68 bits per heavy atom. The van der Waals surface area contributed by atoms with Crippen molar-refractivity contribution in [3.05, 3.63) is 23.4 Å². The van der Waals surface area contributed by atoms with Gasteiger partial charge >= 0.3 is 0 Å². The average Bonchev–Trinajstić information content (AvgIpc) is 2.37. The lowest BCUT2D eigenvalue weighted by Crippen LogP contribution is -2.36. The van der Waals surface area contributed by atoms with E-state index >= 15 is 0 Å². The van der Waals surface area contributed by atoms with E-state index in [1.807, 2.05) is 26.2 Å². The predicted molar refractivity (Wildman–Crippen MR) is 82.7 cm³/mol. The summed E-state index contributed by atoms with van der Waals surface area (Å²) < 4.78 is 0. The number of nitrogens with one attached hydrogen (secondary N) is 1. The van der Waals surface area contributed by atoms with Gasteiger partial charge < -0.3 is 11.1 Å². The van der Waals surface area contributed by atoms with Crippen molar-refractivity contribution < 1.29 is 4.79 Å². The molecule has 0 aromatic carbocycles. The van der Waals surface area contributed by atoms with Crippen LogP contribution in [-0.2, 0) is 0 Å². The Kier molecular flexibility index (Phi) is 6.15. The minimum absolute atomic E-state index is 0.0723. The van der Waals surface area contributed by atoms with Crippen LogP contribution < -0.4 is 11.1 Å². The zero-order valence-corrected chi connectivity index (χ0v) is 12.9. The fourth-order valence-corrected chi connectivity index (χ4v) is 2.45. The summed E-state index contributed by atoms with van der Waals surface area (Å²) in [6, 6.07) is 3.65. The van der Waals surface area contributed by atoms with Crippen LogP contribution in [0.1, 0.15) is 49.2 Å². The number of nitrogen functional groups attached to an aromatic ring is 1. The monoisotopic (exact) mass is 281 g/mol. The molecule has 106 valence electrons. The Morgan fingerprint density at radius 2 is 2.16 bits per heavy atom. The minimum Gasteiger partial charge on any atom is -0.384 e. The van der Waals surface area contributed by atoms with Gasteiger partial charge in [0.15, 0.2) is 0 Å². The van der Waals surface area contributed by atoms with Crippen LogP contribution in [0.3, 0.4) is 0 Å². The Balaban J connectivity index is 2.87. The van der Waals surface area contributed by atoms with E-state index in [1.54, 1.807) is 17.8 Å². The molecule has 1 unspecified atom stereocenters. The SMILES string of the molecule is CCC(CSC)NC(=O)c1cc(N)nc(C(C)C)c1. The van der Waals surface area contributed by atoms with E-state index in [9.17, 15) is 4.79 Å². The van der Waals surface area contributed by atoms with Gasteiger partial charge in [-0.15, -0.1) is 0 Å². The van der Waals surface area contributed by atoms with Crippen molar-refractivity contribution in [2.45, 2.75) is 39.2 Å². The summed E-state index contributed by atoms with van der Waals surface area (Å²) in [6.07, 6.45) is 2.96. The molecule has 1 amide bonds. The molecule has 1 atom stereocenters. The molecule has 0 aliphatic rings. The van der Waals surface area contributed by atoms with Gasteiger partial charge in [-0.3, -0.25) is 4.79 Å². The summed E-state index contributed by atoms with van der Waals surface area (Å²) in [5.41, 5.74) is 7.21. The number of nitrogens with zero attached hydrogens (tertiary/aromatic N) is 1. The van der Waals surface area contributed by atoms with Gasteiger partial charge in [0.05, 0.1) is 0 Å². The highest BCUT2D eigenvalue weighted by atomic mass is 32.2. The Hall–Kier alpha value is -1.23. The lowest BCUT2D eigenvalue weighted by atomic mass is 10.1. The van der Waals surface area contributed by atoms with Crippen molar-refractivity contribution in [3.63, 3.8) is 0 Å². The third-order valence-electron chi connectivity index (χ3n) is 2.91. The van der Waals surface area contributed by atoms with Gasteiger partial charge in [0.2, 0.25) is 0 Å². The molecule has 0 saturated heterocycles. The zero-order chi connectivity index (χ0) is 14.4. The van der Waals surface area contributed by atoms with Crippen molar-refractivity contribution in [1.82, 2.24) is 10.3 Å². The molecule has 0 aliphatic carbocycles. The average molecular weight is 281 g/mol. The van der Waals surface area contributed by atoms with Crippen molar-refractivity contribution in [2.75, 3.05) is 17.7 Å². The summed E-state index contributed by atoms with van der Waals surface area (Å²) in [6.45, 7) is 6.14. The largest absolute Gasteiger partial charge is 0.384 e. The summed E-state index contributed by atoms with van der Waals surface area (Å²) in [5, 5.41) is 3.03. The Bertz CT molecular complexity index is 435. The first-order valence-electron chi connectivity index (χ1n) is 6.55. The van der Waals surface area contributed by atoms with Crippen LogP contribution in [0.25, 0.3) is 0 Å². The highest BCUT2D eigenvalue weighted by Gasteiger charge is 2.14. The zero-order valence-electron chi connectivity index (χ0n) is 12.1. The number of hydrogen-bond acceptors (Lipinski definition) is 4. The molecule has 3 N–H and O–H groups in total. The predicted octanol–water partition coefficient (Wildman–Crippen LogP) is 2.66. The molecule has 0 aliphatic heterocycles. The molecule has 1 rings (SSSR count). The van der Waals surface area contributed by atoms with E-state index in [4.69, 9.17) is 5.73 Å². The molecular weight excluding hydrogens is 258 g/mol. The number of nitrogens with two attached hydrogens (primary N) is 1. The second kappa shape index (κ2) is 7.38. The highest BCUT2D eigenvalue weighted by molar-refractivity contribution is 7.98. The normalized spacial score (nSPS) is 12.5. The van der Waals surface area contributed by atoms with Crippen molar-refractivity contribution in [3.8, 4) is 0 Å². The molecule has 19 heavy (non-hydrogen) atoms. The molecule has 4 nitrogen and oxygen atoms in total. The lowest BCUT2D eigenvalue weighted by Gasteiger charge is -2.16. The van der Waals surface area contributed by atoms with E-state index in [2.05, 4.69) is 17.2 Å². The summed E-state index contributed by atoms with van der Waals surface area (Å²) >= 11 is 1.73. The standard InChI is InChI=1S/C14H23N3OS/c1-5-11(8-19-4)16-14(18)10-6-12(9(2)3)17-13(15)7-10/h6-7,9,11H,5,8H2,1-4H3,(H2,15,17)(H,16,18). The molecule has 1 heterocycles. The third kappa shape index (κ3) is 4.74. The quantitative estimate of drug-likeness (QED) is 0.841. The Morgan fingerprint density at radius 1 is 1.47 bits per heavy atom. The van der Waals surface area contributed by atoms with Gasteiger partial charge in [-0.2, -0.15) is 11.8 Å². The van der Waals surface area contributed by atoms with Gasteiger partial charge in [-0.05, 0) is 30.7 Å². The number of hydrogen-bond donors (Lipinski definition) is 2. The maximum absolute atomic E-state index is 12.2. The summed E-state index contributed by atoms with van der Waals surface area (Å²) in [7, 11) is 0. The molecule has 0 radical (unpaired) electrons. The van der Waals surface area contributed by atoms with Crippen LogP contribution in [0.2, 0.25) is 0 Å². The first-order chi connectivity index (χ1) is 8.97. The van der Waals surface area contributed by atoms with Crippen molar-refractivity contribution in [1.29, 1.82) is 0 Å². The van der Waals surface area contributed by atoms with Crippen LogP contribution in [0.4, 0.5) is 5.82 Å². The molecule has 5 heteroatoms. The number of aromatic nitrogens is 1. The fourth-order valence-electron chi connectivity index (χ4n) is 1.73. The van der Waals surface area contributed by atoms with E-state index < -0.39 is 0 Å². The van der Waals surface area contributed by atoms with Crippen LogP contribution in [0.5, 0.6) is 0 Å². The van der Waals surface area contributed by atoms with Gasteiger partial charge in [-0.1, -0.05) is 20.8 Å². The maximum atomic E-state index is 12.2. The Labute approximate surface area is 119 Å². The number of thioether (sulfide) groups is 1. The van der Waals surface area contributed by atoms with Crippen LogP contribution >= 0.6 is 11.8 Å².